The van der Waals surface area contributed by atoms with Crippen molar-refractivity contribution in [3.63, 3.8) is 0 Å². The van der Waals surface area contributed by atoms with Gasteiger partial charge in [0.05, 0.1) is 6.61 Å². The Morgan fingerprint density at radius 2 is 1.90 bits per heavy atom. The van der Waals surface area contributed by atoms with Crippen molar-refractivity contribution in [2.24, 2.45) is 5.92 Å². The number of nitrogens with one attached hydrogen (secondary N) is 1. The molecule has 0 aromatic carbocycles. The molecule has 0 spiro atoms. The minimum absolute atomic E-state index is 0.170. The lowest BCUT2D eigenvalue weighted by molar-refractivity contribution is -0.512. The van der Waals surface area contributed by atoms with Crippen molar-refractivity contribution in [3.05, 3.63) is 32.6 Å². The van der Waals surface area contributed by atoms with Crippen LogP contribution in [0.4, 0.5) is 0 Å². The van der Waals surface area contributed by atoms with E-state index in [1.807, 2.05) is 0 Å². The minimum atomic E-state index is -1.33. The highest BCUT2D eigenvalue weighted by molar-refractivity contribution is 6.04. The van der Waals surface area contributed by atoms with Crippen LogP contribution in [0, 0.1) is 29.9 Å². The van der Waals surface area contributed by atoms with E-state index >= 15 is 0 Å². The van der Waals surface area contributed by atoms with Crippen LogP contribution in [0.25, 0.3) is 0 Å². The molecule has 1 N–H and O–H groups in total. The van der Waals surface area contributed by atoms with Gasteiger partial charge in [0.2, 0.25) is 5.78 Å². The minimum Gasteiger partial charge on any atom is -0.461 e. The highest BCUT2D eigenvalue weighted by Crippen LogP contribution is 2.23. The van der Waals surface area contributed by atoms with Gasteiger partial charge in [-0.1, -0.05) is 13.8 Å². The maximum absolute atomic E-state index is 12.4. The molecule has 7 nitrogen and oxygen atoms in total. The number of hydrogen-bond donors (Lipinski definition) is 1. The van der Waals surface area contributed by atoms with Crippen molar-refractivity contribution in [2.75, 3.05) is 6.61 Å². The Morgan fingerprint density at radius 3 is 2.33 bits per heavy atom. The molecule has 1 atom stereocenters. The summed E-state index contributed by atoms with van der Waals surface area (Å²) in [7, 11) is 0. The van der Waals surface area contributed by atoms with Gasteiger partial charge in [-0.15, -0.1) is 0 Å². The van der Waals surface area contributed by atoms with Gasteiger partial charge in [0.25, 0.3) is 6.04 Å². The fourth-order valence-corrected chi connectivity index (χ4v) is 2.32. The van der Waals surface area contributed by atoms with E-state index in [-0.39, 0.29) is 17.9 Å². The lowest BCUT2D eigenvalue weighted by Crippen LogP contribution is -2.35. The molecule has 7 heteroatoms. The number of H-pyrrole nitrogens is 1. The smallest absolute Gasteiger partial charge is 0.355 e. The fraction of sp³-hybridized carbons (Fsp3) is 0.571. The van der Waals surface area contributed by atoms with E-state index in [2.05, 4.69) is 4.98 Å². The third-order valence-electron chi connectivity index (χ3n) is 3.29. The average molecular weight is 296 g/mol. The van der Waals surface area contributed by atoms with Crippen LogP contribution >= 0.6 is 0 Å². The van der Waals surface area contributed by atoms with Crippen molar-refractivity contribution in [2.45, 2.75) is 40.7 Å². The van der Waals surface area contributed by atoms with Crippen molar-refractivity contribution < 1.29 is 19.2 Å². The topological polar surface area (TPSA) is 102 Å². The summed E-state index contributed by atoms with van der Waals surface area (Å²) < 4.78 is 4.90. The zero-order valence-electron chi connectivity index (χ0n) is 12.9. The largest absolute Gasteiger partial charge is 0.461 e. The van der Waals surface area contributed by atoms with Crippen molar-refractivity contribution in [1.29, 1.82) is 0 Å². The molecule has 21 heavy (non-hydrogen) atoms. The molecular formula is C14H20N2O5. The van der Waals surface area contributed by atoms with Crippen LogP contribution in [0.5, 0.6) is 0 Å². The van der Waals surface area contributed by atoms with Gasteiger partial charge in [-0.2, -0.15) is 0 Å². The first kappa shape index (κ1) is 16.9. The third kappa shape index (κ3) is 3.29. The molecule has 0 saturated heterocycles. The second-order valence-electron chi connectivity index (χ2n) is 5.18. The van der Waals surface area contributed by atoms with Crippen molar-refractivity contribution >= 4 is 11.8 Å². The maximum atomic E-state index is 12.4. The van der Waals surface area contributed by atoms with Gasteiger partial charge in [-0.3, -0.25) is 14.9 Å². The van der Waals surface area contributed by atoms with Crippen LogP contribution in [0.15, 0.2) is 0 Å². The molecule has 0 bridgehead atoms. The first-order chi connectivity index (χ1) is 9.72. The molecule has 0 fully saturated rings. The number of ether oxygens (including phenoxy) is 1. The Kier molecular flexibility index (Phi) is 5.23. The van der Waals surface area contributed by atoms with E-state index in [1.54, 1.807) is 34.6 Å². The van der Waals surface area contributed by atoms with Gasteiger partial charge in [0.1, 0.15) is 5.69 Å². The van der Waals surface area contributed by atoms with Crippen LogP contribution in [0.1, 0.15) is 52.9 Å². The Labute approximate surface area is 122 Å². The fourth-order valence-electron chi connectivity index (χ4n) is 2.32. The van der Waals surface area contributed by atoms with Gasteiger partial charge in [-0.05, 0) is 26.3 Å². The van der Waals surface area contributed by atoms with E-state index in [4.69, 9.17) is 4.74 Å². The van der Waals surface area contributed by atoms with Crippen LogP contribution in [0.3, 0.4) is 0 Å². The number of nitro groups is 1. The van der Waals surface area contributed by atoms with Crippen LogP contribution in [-0.2, 0) is 4.74 Å². The van der Waals surface area contributed by atoms with Gasteiger partial charge in [0, 0.05) is 22.1 Å². The second-order valence-corrected chi connectivity index (χ2v) is 5.18. The van der Waals surface area contributed by atoms with Gasteiger partial charge in [-0.25, -0.2) is 4.79 Å². The molecule has 1 heterocycles. The number of aromatic amines is 1. The SMILES string of the molecule is CCOC(=O)c1[nH]c(C)c(C(=O)C(C(C)C)[N+](=O)[O-])c1C. The Balaban J connectivity index is 3.28. The highest BCUT2D eigenvalue weighted by Gasteiger charge is 2.37. The third-order valence-corrected chi connectivity index (χ3v) is 3.29. The van der Waals surface area contributed by atoms with E-state index in [1.165, 1.54) is 0 Å². The molecule has 0 aliphatic heterocycles. The predicted octanol–water partition coefficient (Wildman–Crippen LogP) is 2.29. The number of ketones is 1. The van der Waals surface area contributed by atoms with E-state index in [0.717, 1.165) is 0 Å². The summed E-state index contributed by atoms with van der Waals surface area (Å²) in [6, 6.07) is -1.33. The molecule has 0 radical (unpaired) electrons. The summed E-state index contributed by atoms with van der Waals surface area (Å²) in [5, 5.41) is 11.1. The van der Waals surface area contributed by atoms with Gasteiger partial charge in [0.15, 0.2) is 0 Å². The second kappa shape index (κ2) is 6.51. The Hall–Kier alpha value is -2.18. The lowest BCUT2D eigenvalue weighted by atomic mass is 9.93. The van der Waals surface area contributed by atoms with Gasteiger partial charge < -0.3 is 9.72 Å². The van der Waals surface area contributed by atoms with Crippen LogP contribution < -0.4 is 0 Å². The Morgan fingerprint density at radius 1 is 1.33 bits per heavy atom. The monoisotopic (exact) mass is 296 g/mol. The number of carbonyl (C=O) groups is 2. The van der Waals surface area contributed by atoms with Gasteiger partial charge >= 0.3 is 5.97 Å². The number of hydrogen-bond acceptors (Lipinski definition) is 5. The highest BCUT2D eigenvalue weighted by atomic mass is 16.6. The molecule has 0 amide bonds. The standard InChI is InChI=1S/C14H20N2O5/c1-6-21-14(18)11-8(4)10(9(5)15-11)13(17)12(7(2)3)16(19)20/h7,12,15H,6H2,1-5H3. The van der Waals surface area contributed by atoms with E-state index in [0.29, 0.717) is 11.3 Å². The normalized spacial score (nSPS) is 12.3. The van der Waals surface area contributed by atoms with E-state index in [9.17, 15) is 19.7 Å². The first-order valence-electron chi connectivity index (χ1n) is 6.76. The Bertz CT molecular complexity index is 574. The summed E-state index contributed by atoms with van der Waals surface area (Å²) >= 11 is 0. The number of aryl methyl sites for hydroxylation is 1. The summed E-state index contributed by atoms with van der Waals surface area (Å²) in [5.74, 6) is -1.59. The summed E-state index contributed by atoms with van der Waals surface area (Å²) in [4.78, 5) is 37.6. The summed E-state index contributed by atoms with van der Waals surface area (Å²) in [6.07, 6.45) is 0. The molecular weight excluding hydrogens is 276 g/mol. The molecule has 1 aromatic rings. The number of esters is 1. The van der Waals surface area contributed by atoms with Crippen LogP contribution in [0.2, 0.25) is 0 Å². The average Bonchev–Trinajstić information content (AvgIpc) is 2.64. The number of aromatic nitrogens is 1. The van der Waals surface area contributed by atoms with E-state index < -0.39 is 28.6 Å². The zero-order chi connectivity index (χ0) is 16.3. The summed E-state index contributed by atoms with van der Waals surface area (Å²) in [5.41, 5.74) is 1.20. The van der Waals surface area contributed by atoms with Crippen molar-refractivity contribution in [3.8, 4) is 0 Å². The number of nitrogens with zero attached hydrogens (tertiary/aromatic N) is 1. The zero-order valence-corrected chi connectivity index (χ0v) is 12.9. The molecule has 1 aromatic heterocycles. The molecule has 0 saturated carbocycles. The predicted molar refractivity (Wildman–Crippen MR) is 76.2 cm³/mol. The first-order valence-corrected chi connectivity index (χ1v) is 6.76. The molecule has 1 rings (SSSR count). The number of rotatable bonds is 6. The molecule has 1 unspecified atom stereocenters. The molecule has 0 aliphatic rings. The number of Topliss-reactive ketones (excluding diaryl/α,β-unsaturated/α-hetero) is 1. The molecule has 0 aliphatic carbocycles. The lowest BCUT2D eigenvalue weighted by Gasteiger charge is -2.12. The number of carbonyl (C=O) groups excluding carboxylic acids is 2. The quantitative estimate of drug-likeness (QED) is 0.375. The molecule has 116 valence electrons. The van der Waals surface area contributed by atoms with Crippen molar-refractivity contribution in [1.82, 2.24) is 4.98 Å². The summed E-state index contributed by atoms with van der Waals surface area (Å²) in [6.45, 7) is 8.32. The van der Waals surface area contributed by atoms with Crippen LogP contribution in [-0.4, -0.2) is 34.3 Å². The maximum Gasteiger partial charge on any atom is 0.355 e.